The molecule has 9 heteroatoms. The lowest BCUT2D eigenvalue weighted by Crippen LogP contribution is -2.32. The van der Waals surface area contributed by atoms with Crippen LogP contribution in [-0.2, 0) is 14.8 Å². The highest BCUT2D eigenvalue weighted by molar-refractivity contribution is 7.89. The number of primary sulfonamides is 1. The van der Waals surface area contributed by atoms with Gasteiger partial charge in [0.05, 0.1) is 17.1 Å². The van der Waals surface area contributed by atoms with E-state index in [0.29, 0.717) is 5.13 Å². The van der Waals surface area contributed by atoms with Gasteiger partial charge in [-0.1, -0.05) is 12.1 Å². The van der Waals surface area contributed by atoms with Crippen LogP contribution in [0, 0.1) is 6.92 Å². The van der Waals surface area contributed by atoms with Gasteiger partial charge in [-0.3, -0.25) is 9.69 Å². The summed E-state index contributed by atoms with van der Waals surface area (Å²) in [5.74, 6) is -0.153. The van der Waals surface area contributed by atoms with Gasteiger partial charge in [0.15, 0.2) is 5.13 Å². The Morgan fingerprint density at radius 2 is 2.00 bits per heavy atom. The second kappa shape index (κ2) is 7.39. The number of nitrogens with two attached hydrogens (primary N) is 1. The Hall–Kier alpha value is -1.81. The number of aromatic nitrogens is 1. The molecule has 0 bridgehead atoms. The molecule has 0 aliphatic rings. The second-order valence-electron chi connectivity index (χ2n) is 5.55. The number of carbonyl (C=O) groups is 1. The minimum atomic E-state index is -3.70. The zero-order valence-electron chi connectivity index (χ0n) is 13.7. The van der Waals surface area contributed by atoms with E-state index in [2.05, 4.69) is 10.3 Å². The number of nitrogens with one attached hydrogen (secondary N) is 1. The molecule has 0 saturated heterocycles. The molecule has 1 amide bonds. The van der Waals surface area contributed by atoms with Crippen molar-refractivity contribution in [3.05, 3.63) is 40.9 Å². The molecule has 1 unspecified atom stereocenters. The fraction of sp³-hybridized carbons (Fsp3) is 0.333. The molecule has 1 aromatic carbocycles. The highest BCUT2D eigenvalue weighted by Crippen LogP contribution is 2.20. The number of hydrogen-bond acceptors (Lipinski definition) is 6. The van der Waals surface area contributed by atoms with Crippen molar-refractivity contribution in [1.29, 1.82) is 0 Å². The van der Waals surface area contributed by atoms with Crippen LogP contribution in [0.5, 0.6) is 0 Å². The first-order chi connectivity index (χ1) is 11.2. The van der Waals surface area contributed by atoms with Crippen molar-refractivity contribution < 1.29 is 13.2 Å². The molecule has 0 fully saturated rings. The first kappa shape index (κ1) is 18.5. The van der Waals surface area contributed by atoms with E-state index in [1.807, 2.05) is 31.2 Å². The van der Waals surface area contributed by atoms with Gasteiger partial charge in [0.25, 0.3) is 0 Å². The average molecular weight is 368 g/mol. The summed E-state index contributed by atoms with van der Waals surface area (Å²) in [5.41, 5.74) is 1.76. The number of thiazole rings is 1. The number of nitrogens with zero attached hydrogens (tertiary/aromatic N) is 2. The highest BCUT2D eigenvalue weighted by atomic mass is 32.2. The highest BCUT2D eigenvalue weighted by Gasteiger charge is 2.16. The number of rotatable bonds is 6. The normalized spacial score (nSPS) is 13.0. The van der Waals surface area contributed by atoms with Crippen LogP contribution in [0.4, 0.5) is 5.13 Å². The lowest BCUT2D eigenvalue weighted by atomic mass is 10.1. The van der Waals surface area contributed by atoms with Gasteiger partial charge < -0.3 is 5.32 Å². The van der Waals surface area contributed by atoms with E-state index in [4.69, 9.17) is 5.14 Å². The number of hydrogen-bond donors (Lipinski definition) is 2. The Bertz CT molecular complexity index is 815. The van der Waals surface area contributed by atoms with E-state index >= 15 is 0 Å². The maximum absolute atomic E-state index is 12.1. The summed E-state index contributed by atoms with van der Waals surface area (Å²) in [6.45, 7) is 4.00. The summed E-state index contributed by atoms with van der Waals surface area (Å²) in [6, 6.07) is 6.26. The van der Waals surface area contributed by atoms with Crippen molar-refractivity contribution >= 4 is 32.4 Å². The molecule has 7 nitrogen and oxygen atoms in total. The van der Waals surface area contributed by atoms with Crippen molar-refractivity contribution in [3.63, 3.8) is 0 Å². The third-order valence-electron chi connectivity index (χ3n) is 3.61. The van der Waals surface area contributed by atoms with E-state index in [1.165, 1.54) is 23.5 Å². The molecule has 0 aliphatic carbocycles. The molecule has 0 aliphatic heterocycles. The molecule has 130 valence electrons. The summed E-state index contributed by atoms with van der Waals surface area (Å²) in [4.78, 5) is 18.2. The van der Waals surface area contributed by atoms with Crippen molar-refractivity contribution in [2.45, 2.75) is 24.8 Å². The summed E-state index contributed by atoms with van der Waals surface area (Å²) in [5, 5.41) is 10.3. The molecule has 0 spiro atoms. The SMILES string of the molecule is Cc1csc(NC(=O)CN(C)C(C)c2ccc(S(N)(=O)=O)cc2)n1. The number of aryl methyl sites for hydroxylation is 1. The molecule has 1 atom stereocenters. The summed E-state index contributed by atoms with van der Waals surface area (Å²) < 4.78 is 22.6. The third kappa shape index (κ3) is 4.84. The minimum Gasteiger partial charge on any atom is -0.301 e. The van der Waals surface area contributed by atoms with Crippen molar-refractivity contribution in [3.8, 4) is 0 Å². The zero-order valence-corrected chi connectivity index (χ0v) is 15.3. The number of anilines is 1. The van der Waals surface area contributed by atoms with Crippen molar-refractivity contribution in [2.24, 2.45) is 5.14 Å². The number of amides is 1. The Morgan fingerprint density at radius 3 is 2.50 bits per heavy atom. The predicted molar refractivity (Wildman–Crippen MR) is 94.3 cm³/mol. The van der Waals surface area contributed by atoms with E-state index in [-0.39, 0.29) is 23.4 Å². The van der Waals surface area contributed by atoms with E-state index < -0.39 is 10.0 Å². The quantitative estimate of drug-likeness (QED) is 0.808. The maximum atomic E-state index is 12.1. The van der Waals surface area contributed by atoms with Crippen LogP contribution in [0.15, 0.2) is 34.5 Å². The van der Waals surface area contributed by atoms with Gasteiger partial charge >= 0.3 is 0 Å². The Kier molecular flexibility index (Phi) is 5.70. The molecule has 3 N–H and O–H groups in total. The average Bonchev–Trinajstić information content (AvgIpc) is 2.90. The molecule has 1 aromatic heterocycles. The van der Waals surface area contributed by atoms with Gasteiger partial charge in [0.2, 0.25) is 15.9 Å². The zero-order chi connectivity index (χ0) is 17.9. The largest absolute Gasteiger partial charge is 0.301 e. The van der Waals surface area contributed by atoms with E-state index in [9.17, 15) is 13.2 Å². The summed E-state index contributed by atoms with van der Waals surface area (Å²) in [6.07, 6.45) is 0. The van der Waals surface area contributed by atoms with Crippen molar-refractivity contribution in [1.82, 2.24) is 9.88 Å². The molecule has 2 aromatic rings. The lowest BCUT2D eigenvalue weighted by molar-refractivity contribution is -0.117. The number of carbonyl (C=O) groups excluding carboxylic acids is 1. The molecule has 0 saturated carbocycles. The van der Waals surface area contributed by atoms with Gasteiger partial charge in [0, 0.05) is 11.4 Å². The fourth-order valence-corrected chi connectivity index (χ4v) is 3.34. The van der Waals surface area contributed by atoms with E-state index in [1.54, 1.807) is 12.1 Å². The molecule has 0 radical (unpaired) electrons. The molecule has 24 heavy (non-hydrogen) atoms. The number of benzene rings is 1. The van der Waals surface area contributed by atoms with Crippen LogP contribution in [-0.4, -0.2) is 37.8 Å². The van der Waals surface area contributed by atoms with Gasteiger partial charge in [-0.05, 0) is 38.6 Å². The van der Waals surface area contributed by atoms with Crippen LogP contribution in [0.3, 0.4) is 0 Å². The first-order valence-electron chi connectivity index (χ1n) is 7.22. The second-order valence-corrected chi connectivity index (χ2v) is 7.97. The van der Waals surface area contributed by atoms with Gasteiger partial charge in [-0.15, -0.1) is 11.3 Å². The van der Waals surface area contributed by atoms with Gasteiger partial charge in [-0.25, -0.2) is 18.5 Å². The fourth-order valence-electron chi connectivity index (χ4n) is 2.12. The molecular formula is C15H20N4O3S2. The van der Waals surface area contributed by atoms with Crippen molar-refractivity contribution in [2.75, 3.05) is 18.9 Å². The Balaban J connectivity index is 1.98. The van der Waals surface area contributed by atoms with Crippen LogP contribution in [0.25, 0.3) is 0 Å². The summed E-state index contributed by atoms with van der Waals surface area (Å²) in [7, 11) is -1.88. The standard InChI is InChI=1S/C15H20N4O3S2/c1-10-9-23-15(17-10)18-14(20)8-19(3)11(2)12-4-6-13(7-5-12)24(16,21)22/h4-7,9,11H,8H2,1-3H3,(H2,16,21,22)(H,17,18,20). The van der Waals surface area contributed by atoms with Crippen LogP contribution in [0.2, 0.25) is 0 Å². The van der Waals surface area contributed by atoms with Crippen LogP contribution >= 0.6 is 11.3 Å². The van der Waals surface area contributed by atoms with Gasteiger partial charge in [-0.2, -0.15) is 0 Å². The maximum Gasteiger partial charge on any atom is 0.240 e. The Morgan fingerprint density at radius 1 is 1.38 bits per heavy atom. The molecule has 1 heterocycles. The van der Waals surface area contributed by atoms with Gasteiger partial charge in [0.1, 0.15) is 0 Å². The van der Waals surface area contributed by atoms with Crippen LogP contribution in [0.1, 0.15) is 24.2 Å². The predicted octanol–water partition coefficient (Wildman–Crippen LogP) is 1.73. The van der Waals surface area contributed by atoms with Crippen LogP contribution < -0.4 is 10.5 Å². The summed E-state index contributed by atoms with van der Waals surface area (Å²) >= 11 is 1.38. The number of sulfonamides is 1. The van der Waals surface area contributed by atoms with E-state index in [0.717, 1.165) is 11.3 Å². The monoisotopic (exact) mass is 368 g/mol. The topological polar surface area (TPSA) is 105 Å². The number of likely N-dealkylation sites (N-methyl/N-ethyl adjacent to an activating group) is 1. The lowest BCUT2D eigenvalue weighted by Gasteiger charge is -2.24. The molecular weight excluding hydrogens is 348 g/mol. The molecule has 2 rings (SSSR count). The first-order valence-corrected chi connectivity index (χ1v) is 9.64. The third-order valence-corrected chi connectivity index (χ3v) is 5.42. The smallest absolute Gasteiger partial charge is 0.240 e. The minimum absolute atomic E-state index is 0.0664. The Labute approximate surface area is 145 Å².